The number of hydrazone groups is 1. The molecule has 7 heteroatoms. The molecular formula is C23H30N6O. The van der Waals surface area contributed by atoms with Crippen molar-refractivity contribution in [2.45, 2.75) is 52.4 Å². The van der Waals surface area contributed by atoms with Crippen molar-refractivity contribution in [3.63, 3.8) is 0 Å². The van der Waals surface area contributed by atoms with E-state index in [1.54, 1.807) is 18.6 Å². The molecule has 3 heterocycles. The summed E-state index contributed by atoms with van der Waals surface area (Å²) < 4.78 is 0. The van der Waals surface area contributed by atoms with Crippen LogP contribution in [-0.4, -0.2) is 51.1 Å². The quantitative estimate of drug-likeness (QED) is 0.626. The number of rotatable bonds is 9. The Bertz CT molecular complexity index is 967. The molecule has 0 bridgehead atoms. The molecule has 7 nitrogen and oxygen atoms in total. The van der Waals surface area contributed by atoms with Crippen molar-refractivity contribution in [1.29, 1.82) is 0 Å². The highest BCUT2D eigenvalue weighted by Gasteiger charge is 2.32. The summed E-state index contributed by atoms with van der Waals surface area (Å²) >= 11 is 0. The van der Waals surface area contributed by atoms with Gasteiger partial charge in [-0.15, -0.1) is 0 Å². The molecule has 4 rings (SSSR count). The van der Waals surface area contributed by atoms with E-state index >= 15 is 0 Å². The van der Waals surface area contributed by atoms with Crippen molar-refractivity contribution in [2.75, 3.05) is 19.6 Å². The molecule has 0 aromatic carbocycles. The van der Waals surface area contributed by atoms with Gasteiger partial charge in [-0.05, 0) is 75.4 Å². The van der Waals surface area contributed by atoms with Crippen LogP contribution in [0, 0.1) is 6.92 Å². The summed E-state index contributed by atoms with van der Waals surface area (Å²) in [6.45, 7) is 9.88. The van der Waals surface area contributed by atoms with Gasteiger partial charge in [0.05, 0.1) is 11.8 Å². The second-order valence-corrected chi connectivity index (χ2v) is 8.01. The van der Waals surface area contributed by atoms with Crippen molar-refractivity contribution in [2.24, 2.45) is 5.10 Å². The van der Waals surface area contributed by atoms with Crippen LogP contribution in [0.2, 0.25) is 0 Å². The number of aryl methyl sites for hydroxylation is 1. The molecule has 0 spiro atoms. The van der Waals surface area contributed by atoms with Gasteiger partial charge in [-0.2, -0.15) is 5.10 Å². The minimum atomic E-state index is -0.201. The molecule has 0 saturated heterocycles. The molecule has 1 saturated carbocycles. The molecule has 1 aliphatic carbocycles. The Morgan fingerprint density at radius 3 is 2.70 bits per heavy atom. The molecule has 158 valence electrons. The standard InChI is InChI=1S/C23H30N6O/c1-4-29(5-2)12-6-7-17-15(3)26-19(21(17)16-8-9-16)13-18-22(27-28-23(18)30)20-14-24-10-11-25-20/h10-11,13-14,16,26H,4-9,12H2,1-3H3,(H,28,30)/b18-13+. The van der Waals surface area contributed by atoms with Crippen LogP contribution in [0.1, 0.15) is 67.2 Å². The lowest BCUT2D eigenvalue weighted by Crippen LogP contribution is -2.24. The Hall–Kier alpha value is -2.80. The van der Waals surface area contributed by atoms with Crippen molar-refractivity contribution < 1.29 is 4.79 Å². The van der Waals surface area contributed by atoms with Gasteiger partial charge in [-0.3, -0.25) is 14.8 Å². The summed E-state index contributed by atoms with van der Waals surface area (Å²) in [7, 11) is 0. The normalized spacial score (nSPS) is 17.7. The summed E-state index contributed by atoms with van der Waals surface area (Å²) in [4.78, 5) is 26.9. The first-order chi connectivity index (χ1) is 14.6. The van der Waals surface area contributed by atoms with Crippen LogP contribution in [0.5, 0.6) is 0 Å². The highest BCUT2D eigenvalue weighted by atomic mass is 16.2. The number of hydrogen-bond acceptors (Lipinski definition) is 5. The largest absolute Gasteiger partial charge is 0.359 e. The van der Waals surface area contributed by atoms with Gasteiger partial charge in [-0.25, -0.2) is 5.43 Å². The summed E-state index contributed by atoms with van der Waals surface area (Å²) in [6.07, 6.45) is 11.4. The molecule has 0 atom stereocenters. The van der Waals surface area contributed by atoms with Crippen LogP contribution >= 0.6 is 0 Å². The molecule has 30 heavy (non-hydrogen) atoms. The van der Waals surface area contributed by atoms with Crippen LogP contribution in [0.25, 0.3) is 6.08 Å². The van der Waals surface area contributed by atoms with Gasteiger partial charge in [0.1, 0.15) is 11.4 Å². The van der Waals surface area contributed by atoms with Gasteiger partial charge in [-0.1, -0.05) is 13.8 Å². The van der Waals surface area contributed by atoms with Crippen LogP contribution in [0.4, 0.5) is 0 Å². The van der Waals surface area contributed by atoms with E-state index in [1.165, 1.54) is 29.7 Å². The van der Waals surface area contributed by atoms with Gasteiger partial charge in [0.25, 0.3) is 5.91 Å². The van der Waals surface area contributed by atoms with E-state index in [9.17, 15) is 4.79 Å². The first-order valence-corrected chi connectivity index (χ1v) is 10.9. The van der Waals surface area contributed by atoms with Crippen molar-refractivity contribution >= 4 is 17.7 Å². The third-order valence-electron chi connectivity index (χ3n) is 6.03. The molecule has 2 N–H and O–H groups in total. The zero-order valence-electron chi connectivity index (χ0n) is 18.0. The molecule has 2 aliphatic rings. The lowest BCUT2D eigenvalue weighted by molar-refractivity contribution is -0.116. The smallest absolute Gasteiger partial charge is 0.273 e. The van der Waals surface area contributed by atoms with Gasteiger partial charge in [0, 0.05) is 23.8 Å². The number of aromatic nitrogens is 3. The lowest BCUT2D eigenvalue weighted by atomic mass is 9.98. The van der Waals surface area contributed by atoms with E-state index in [0.29, 0.717) is 22.9 Å². The van der Waals surface area contributed by atoms with Crippen LogP contribution in [-0.2, 0) is 11.2 Å². The van der Waals surface area contributed by atoms with Gasteiger partial charge in [0.15, 0.2) is 0 Å². The minimum absolute atomic E-state index is 0.201. The lowest BCUT2D eigenvalue weighted by Gasteiger charge is -2.17. The summed E-state index contributed by atoms with van der Waals surface area (Å²) in [5.41, 5.74) is 9.31. The Morgan fingerprint density at radius 2 is 2.03 bits per heavy atom. The fourth-order valence-electron chi connectivity index (χ4n) is 4.23. The van der Waals surface area contributed by atoms with Crippen molar-refractivity contribution in [3.8, 4) is 0 Å². The van der Waals surface area contributed by atoms with E-state index in [2.05, 4.69) is 51.2 Å². The molecular weight excluding hydrogens is 376 g/mol. The SMILES string of the molecule is CCN(CC)CCCc1c(C)[nH]c(/C=C2/C(=O)NN=C2c2cnccn2)c1C1CC1. The number of aromatic amines is 1. The third-order valence-corrected chi connectivity index (χ3v) is 6.03. The number of carbonyl (C=O) groups excluding carboxylic acids is 1. The first kappa shape index (κ1) is 20.5. The fraction of sp³-hybridized carbons (Fsp3) is 0.478. The first-order valence-electron chi connectivity index (χ1n) is 10.9. The highest BCUT2D eigenvalue weighted by Crippen LogP contribution is 2.45. The van der Waals surface area contributed by atoms with Crippen molar-refractivity contribution in [1.82, 2.24) is 25.3 Å². The van der Waals surface area contributed by atoms with Crippen LogP contribution in [0.3, 0.4) is 0 Å². The predicted octanol–water partition coefficient (Wildman–Crippen LogP) is 3.18. The molecule has 1 fully saturated rings. The molecule has 1 amide bonds. The van der Waals surface area contributed by atoms with Crippen molar-refractivity contribution in [3.05, 3.63) is 52.4 Å². The van der Waals surface area contributed by atoms with Gasteiger partial charge >= 0.3 is 0 Å². The van der Waals surface area contributed by atoms with E-state index in [4.69, 9.17) is 0 Å². The monoisotopic (exact) mass is 406 g/mol. The second kappa shape index (κ2) is 8.92. The molecule has 2 aromatic rings. The Labute approximate surface area is 177 Å². The number of nitrogens with zero attached hydrogens (tertiary/aromatic N) is 4. The topological polar surface area (TPSA) is 86.3 Å². The third kappa shape index (κ3) is 4.21. The van der Waals surface area contributed by atoms with Crippen LogP contribution in [0.15, 0.2) is 29.3 Å². The average Bonchev–Trinajstić information content (AvgIpc) is 3.47. The molecule has 0 unspecified atom stereocenters. The number of amides is 1. The van der Waals surface area contributed by atoms with E-state index in [-0.39, 0.29) is 5.91 Å². The van der Waals surface area contributed by atoms with Gasteiger partial charge < -0.3 is 9.88 Å². The Kier molecular flexibility index (Phi) is 6.08. The zero-order valence-corrected chi connectivity index (χ0v) is 18.0. The number of nitrogens with one attached hydrogen (secondary N) is 2. The number of H-pyrrole nitrogens is 1. The maximum Gasteiger partial charge on any atom is 0.273 e. The molecule has 0 radical (unpaired) electrons. The predicted molar refractivity (Wildman–Crippen MR) is 118 cm³/mol. The number of carbonyl (C=O) groups is 1. The Morgan fingerprint density at radius 1 is 1.23 bits per heavy atom. The molecule has 1 aliphatic heterocycles. The van der Waals surface area contributed by atoms with E-state index in [0.717, 1.165) is 38.2 Å². The van der Waals surface area contributed by atoms with E-state index < -0.39 is 0 Å². The average molecular weight is 407 g/mol. The fourth-order valence-corrected chi connectivity index (χ4v) is 4.23. The van der Waals surface area contributed by atoms with Gasteiger partial charge in [0.2, 0.25) is 0 Å². The highest BCUT2D eigenvalue weighted by molar-refractivity contribution is 6.32. The maximum absolute atomic E-state index is 12.5. The second-order valence-electron chi connectivity index (χ2n) is 8.01. The summed E-state index contributed by atoms with van der Waals surface area (Å²) in [5.74, 6) is 0.388. The number of hydrogen-bond donors (Lipinski definition) is 2. The van der Waals surface area contributed by atoms with Crippen LogP contribution < -0.4 is 5.43 Å². The molecule has 2 aromatic heterocycles. The zero-order chi connectivity index (χ0) is 21.1. The summed E-state index contributed by atoms with van der Waals surface area (Å²) in [6, 6.07) is 0. The maximum atomic E-state index is 12.5. The van der Waals surface area contributed by atoms with E-state index in [1.807, 2.05) is 6.08 Å². The summed E-state index contributed by atoms with van der Waals surface area (Å²) in [5, 5.41) is 4.20. The Balaban J connectivity index is 1.63. The minimum Gasteiger partial charge on any atom is -0.359 e.